The SMILES string of the molecule is COc1ccc(/C=C(\C(=O)O)c2cc(C)ccc2C)c(Cl)c1O. The van der Waals surface area contributed by atoms with E-state index in [1.807, 2.05) is 32.0 Å². The second-order valence-corrected chi connectivity index (χ2v) is 5.58. The zero-order valence-electron chi connectivity index (χ0n) is 13.1. The summed E-state index contributed by atoms with van der Waals surface area (Å²) in [7, 11) is 1.42. The van der Waals surface area contributed by atoms with E-state index in [2.05, 4.69) is 0 Å². The lowest BCUT2D eigenvalue weighted by Gasteiger charge is -2.11. The van der Waals surface area contributed by atoms with Gasteiger partial charge in [0.15, 0.2) is 11.5 Å². The molecule has 0 atom stereocenters. The number of carboxylic acid groups (broad SMARTS) is 1. The quantitative estimate of drug-likeness (QED) is 0.647. The van der Waals surface area contributed by atoms with Crippen molar-refractivity contribution in [2.24, 2.45) is 0 Å². The predicted molar refractivity (Wildman–Crippen MR) is 91.1 cm³/mol. The van der Waals surface area contributed by atoms with Crippen molar-refractivity contribution in [3.63, 3.8) is 0 Å². The number of phenolic OH excluding ortho intramolecular Hbond substituents is 1. The number of aromatic hydroxyl groups is 1. The Bertz CT molecular complexity index is 794. The average Bonchev–Trinajstić information content (AvgIpc) is 2.51. The summed E-state index contributed by atoms with van der Waals surface area (Å²) in [6.45, 7) is 3.74. The lowest BCUT2D eigenvalue weighted by Crippen LogP contribution is -2.02. The van der Waals surface area contributed by atoms with Crippen LogP contribution in [-0.2, 0) is 4.79 Å². The van der Waals surface area contributed by atoms with Gasteiger partial charge in [0.25, 0.3) is 0 Å². The Kier molecular flexibility index (Phi) is 4.96. The number of methoxy groups -OCH3 is 1. The number of carboxylic acids is 1. The maximum absolute atomic E-state index is 11.7. The fourth-order valence-corrected chi connectivity index (χ4v) is 2.49. The van der Waals surface area contributed by atoms with Gasteiger partial charge in [0, 0.05) is 0 Å². The summed E-state index contributed by atoms with van der Waals surface area (Å²) in [5, 5.41) is 19.6. The fourth-order valence-electron chi connectivity index (χ4n) is 2.27. The fraction of sp³-hybridized carbons (Fsp3) is 0.167. The van der Waals surface area contributed by atoms with Gasteiger partial charge in [-0.1, -0.05) is 35.4 Å². The number of benzene rings is 2. The molecule has 2 aromatic carbocycles. The molecule has 2 rings (SSSR count). The van der Waals surface area contributed by atoms with Gasteiger partial charge in [0.1, 0.15) is 0 Å². The van der Waals surface area contributed by atoms with Crippen LogP contribution >= 0.6 is 11.6 Å². The number of hydrogen-bond donors (Lipinski definition) is 2. The van der Waals surface area contributed by atoms with E-state index in [1.54, 1.807) is 6.07 Å². The van der Waals surface area contributed by atoms with Crippen LogP contribution in [0.2, 0.25) is 5.02 Å². The van der Waals surface area contributed by atoms with E-state index in [9.17, 15) is 15.0 Å². The molecule has 0 aliphatic heterocycles. The summed E-state index contributed by atoms with van der Waals surface area (Å²) in [6.07, 6.45) is 1.45. The molecule has 0 saturated carbocycles. The number of ether oxygens (including phenoxy) is 1. The van der Waals surface area contributed by atoms with E-state index < -0.39 is 5.97 Å². The Morgan fingerprint density at radius 1 is 1.22 bits per heavy atom. The minimum Gasteiger partial charge on any atom is -0.503 e. The molecule has 4 nitrogen and oxygen atoms in total. The normalized spacial score (nSPS) is 11.4. The van der Waals surface area contributed by atoms with Crippen molar-refractivity contribution < 1.29 is 19.7 Å². The molecule has 0 amide bonds. The van der Waals surface area contributed by atoms with Crippen molar-refractivity contribution in [2.45, 2.75) is 13.8 Å². The Balaban J connectivity index is 2.63. The van der Waals surface area contributed by atoms with Gasteiger partial charge in [-0.2, -0.15) is 0 Å². The first-order valence-corrected chi connectivity index (χ1v) is 7.31. The Hall–Kier alpha value is -2.46. The van der Waals surface area contributed by atoms with E-state index >= 15 is 0 Å². The first kappa shape index (κ1) is 16.9. The Labute approximate surface area is 139 Å². The van der Waals surface area contributed by atoms with Gasteiger partial charge in [-0.25, -0.2) is 4.79 Å². The number of aryl methyl sites for hydroxylation is 2. The summed E-state index contributed by atoms with van der Waals surface area (Å²) < 4.78 is 4.98. The Morgan fingerprint density at radius 2 is 1.91 bits per heavy atom. The average molecular weight is 333 g/mol. The van der Waals surface area contributed by atoms with Crippen molar-refractivity contribution in [1.82, 2.24) is 0 Å². The number of phenols is 1. The molecular weight excluding hydrogens is 316 g/mol. The van der Waals surface area contributed by atoms with Crippen LogP contribution in [0.5, 0.6) is 11.5 Å². The van der Waals surface area contributed by atoms with Crippen molar-refractivity contribution in [1.29, 1.82) is 0 Å². The molecule has 0 spiro atoms. The monoisotopic (exact) mass is 332 g/mol. The van der Waals surface area contributed by atoms with Gasteiger partial charge in [-0.15, -0.1) is 0 Å². The van der Waals surface area contributed by atoms with E-state index in [0.29, 0.717) is 11.1 Å². The zero-order chi connectivity index (χ0) is 17.1. The lowest BCUT2D eigenvalue weighted by atomic mass is 9.96. The van der Waals surface area contributed by atoms with Crippen LogP contribution in [-0.4, -0.2) is 23.3 Å². The molecule has 120 valence electrons. The molecule has 23 heavy (non-hydrogen) atoms. The molecule has 0 unspecified atom stereocenters. The van der Waals surface area contributed by atoms with Crippen molar-refractivity contribution >= 4 is 29.2 Å². The van der Waals surface area contributed by atoms with E-state index in [1.165, 1.54) is 19.3 Å². The highest BCUT2D eigenvalue weighted by Gasteiger charge is 2.16. The van der Waals surface area contributed by atoms with Gasteiger partial charge >= 0.3 is 5.97 Å². The number of halogens is 1. The smallest absolute Gasteiger partial charge is 0.336 e. The van der Waals surface area contributed by atoms with Crippen LogP contribution in [0, 0.1) is 13.8 Å². The Morgan fingerprint density at radius 3 is 2.52 bits per heavy atom. The molecule has 2 N–H and O–H groups in total. The van der Waals surface area contributed by atoms with Gasteiger partial charge < -0.3 is 14.9 Å². The van der Waals surface area contributed by atoms with Gasteiger partial charge in [-0.3, -0.25) is 0 Å². The topological polar surface area (TPSA) is 66.8 Å². The molecule has 0 aliphatic rings. The molecular formula is C18H17ClO4. The van der Waals surface area contributed by atoms with Crippen LogP contribution in [0.4, 0.5) is 0 Å². The third kappa shape index (κ3) is 3.48. The zero-order valence-corrected chi connectivity index (χ0v) is 13.8. The number of rotatable bonds is 4. The second kappa shape index (κ2) is 6.75. The maximum atomic E-state index is 11.7. The standard InChI is InChI=1S/C18H17ClO4/c1-10-4-5-11(2)13(8-10)14(18(21)22)9-12-6-7-15(23-3)17(20)16(12)19/h4-9,20H,1-3H3,(H,21,22)/b14-9-. The van der Waals surface area contributed by atoms with Gasteiger partial charge in [0.05, 0.1) is 17.7 Å². The predicted octanol–water partition coefficient (Wildman–Crippen LogP) is 4.30. The van der Waals surface area contributed by atoms with Crippen LogP contribution in [0.15, 0.2) is 30.3 Å². The summed E-state index contributed by atoms with van der Waals surface area (Å²) >= 11 is 6.12. The molecule has 0 heterocycles. The number of carbonyl (C=O) groups is 1. The molecule has 2 aromatic rings. The third-order valence-corrected chi connectivity index (χ3v) is 3.94. The highest BCUT2D eigenvalue weighted by molar-refractivity contribution is 6.34. The third-order valence-electron chi connectivity index (χ3n) is 3.54. The largest absolute Gasteiger partial charge is 0.503 e. The molecule has 5 heteroatoms. The molecule has 0 saturated heterocycles. The summed E-state index contributed by atoms with van der Waals surface area (Å²) in [5.74, 6) is -1.05. The highest BCUT2D eigenvalue weighted by atomic mass is 35.5. The van der Waals surface area contributed by atoms with E-state index in [0.717, 1.165) is 11.1 Å². The molecule has 0 aliphatic carbocycles. The summed E-state index contributed by atoms with van der Waals surface area (Å²) in [4.78, 5) is 11.7. The minimum absolute atomic E-state index is 0.0495. The maximum Gasteiger partial charge on any atom is 0.336 e. The first-order valence-electron chi connectivity index (χ1n) is 6.93. The molecule has 0 radical (unpaired) electrons. The van der Waals surface area contributed by atoms with E-state index in [4.69, 9.17) is 16.3 Å². The summed E-state index contributed by atoms with van der Waals surface area (Å²) in [6, 6.07) is 8.75. The molecule has 0 fully saturated rings. The second-order valence-electron chi connectivity index (χ2n) is 5.20. The number of aliphatic carboxylic acids is 1. The lowest BCUT2D eigenvalue weighted by molar-refractivity contribution is -0.130. The number of hydrogen-bond acceptors (Lipinski definition) is 3. The first-order chi connectivity index (χ1) is 10.8. The van der Waals surface area contributed by atoms with Crippen molar-refractivity contribution in [3.05, 3.63) is 57.6 Å². The van der Waals surface area contributed by atoms with Crippen LogP contribution in [0.1, 0.15) is 22.3 Å². The minimum atomic E-state index is -1.06. The van der Waals surface area contributed by atoms with Crippen molar-refractivity contribution in [2.75, 3.05) is 7.11 Å². The van der Waals surface area contributed by atoms with Gasteiger partial charge in [0.2, 0.25) is 0 Å². The van der Waals surface area contributed by atoms with E-state index in [-0.39, 0.29) is 22.1 Å². The van der Waals surface area contributed by atoms with Crippen molar-refractivity contribution in [3.8, 4) is 11.5 Å². The van der Waals surface area contributed by atoms with Crippen LogP contribution in [0.3, 0.4) is 0 Å². The summed E-state index contributed by atoms with van der Waals surface area (Å²) in [5.41, 5.74) is 2.93. The molecule has 0 bridgehead atoms. The van der Waals surface area contributed by atoms with Crippen LogP contribution in [0.25, 0.3) is 11.6 Å². The molecule has 0 aromatic heterocycles. The highest BCUT2D eigenvalue weighted by Crippen LogP contribution is 2.38. The van der Waals surface area contributed by atoms with Gasteiger partial charge in [-0.05, 0) is 48.7 Å². The van der Waals surface area contributed by atoms with Crippen LogP contribution < -0.4 is 4.74 Å².